The van der Waals surface area contributed by atoms with Crippen LogP contribution in [-0.4, -0.2) is 80.5 Å². The Hall–Kier alpha value is -0.270. The van der Waals surface area contributed by atoms with Crippen molar-refractivity contribution >= 4 is 17.2 Å². The van der Waals surface area contributed by atoms with E-state index >= 15 is 0 Å². The summed E-state index contributed by atoms with van der Waals surface area (Å²) in [5, 5.41) is 0. The monoisotopic (exact) mass is 275 g/mol. The van der Waals surface area contributed by atoms with Crippen LogP contribution in [0.5, 0.6) is 0 Å². The van der Waals surface area contributed by atoms with Crippen LogP contribution in [0.15, 0.2) is 0 Å². The zero-order chi connectivity index (χ0) is 13.4. The molecule has 0 amide bonds. The summed E-state index contributed by atoms with van der Waals surface area (Å²) >= 11 is 5.03. The lowest BCUT2D eigenvalue weighted by Crippen LogP contribution is -2.53. The third-order valence-electron chi connectivity index (χ3n) is 3.35. The molecule has 5 nitrogen and oxygen atoms in total. The van der Waals surface area contributed by atoms with E-state index < -0.39 is 0 Å². The van der Waals surface area contributed by atoms with Gasteiger partial charge in [-0.05, 0) is 6.92 Å². The fourth-order valence-corrected chi connectivity index (χ4v) is 2.14. The lowest BCUT2D eigenvalue weighted by molar-refractivity contribution is 0.0447. The molecule has 1 aliphatic rings. The Morgan fingerprint density at radius 3 is 2.44 bits per heavy atom. The Morgan fingerprint density at radius 1 is 1.22 bits per heavy atom. The van der Waals surface area contributed by atoms with Crippen LogP contribution in [0, 0.1) is 0 Å². The fourth-order valence-electron chi connectivity index (χ4n) is 1.99. The highest BCUT2D eigenvalue weighted by atomic mass is 32.1. The van der Waals surface area contributed by atoms with E-state index in [0.29, 0.717) is 18.2 Å². The molecule has 1 saturated heterocycles. The predicted molar refractivity (Wildman–Crippen MR) is 77.0 cm³/mol. The molecule has 0 bridgehead atoms. The lowest BCUT2D eigenvalue weighted by atomic mass is 10.2. The molecule has 6 heteroatoms. The first-order valence-electron chi connectivity index (χ1n) is 6.47. The maximum Gasteiger partial charge on any atom is 0.0899 e. The first kappa shape index (κ1) is 15.8. The first-order chi connectivity index (χ1) is 8.65. The minimum atomic E-state index is 0.208. The molecule has 1 rings (SSSR count). The molecule has 0 saturated carbocycles. The van der Waals surface area contributed by atoms with Crippen LogP contribution in [0.3, 0.4) is 0 Å². The summed E-state index contributed by atoms with van der Waals surface area (Å²) in [6.45, 7) is 9.33. The Labute approximate surface area is 115 Å². The van der Waals surface area contributed by atoms with Gasteiger partial charge in [-0.1, -0.05) is 12.2 Å². The highest BCUT2D eigenvalue weighted by Crippen LogP contribution is 2.06. The number of hydrogen-bond donors (Lipinski definition) is 1. The number of piperazine rings is 1. The SMILES string of the molecule is COCCOCCN1CCN(C(C)C(N)=S)CC1. The van der Waals surface area contributed by atoms with Gasteiger partial charge in [0.1, 0.15) is 0 Å². The van der Waals surface area contributed by atoms with Crippen LogP contribution in [-0.2, 0) is 9.47 Å². The van der Waals surface area contributed by atoms with Gasteiger partial charge in [-0.3, -0.25) is 9.80 Å². The maximum absolute atomic E-state index is 5.67. The van der Waals surface area contributed by atoms with Gasteiger partial charge in [0.15, 0.2) is 0 Å². The second kappa shape index (κ2) is 8.77. The summed E-state index contributed by atoms with van der Waals surface area (Å²) < 4.78 is 10.4. The van der Waals surface area contributed by atoms with Gasteiger partial charge in [0.2, 0.25) is 0 Å². The van der Waals surface area contributed by atoms with Gasteiger partial charge in [0, 0.05) is 39.8 Å². The van der Waals surface area contributed by atoms with Crippen LogP contribution in [0.2, 0.25) is 0 Å². The Bertz CT molecular complexity index is 245. The zero-order valence-electron chi connectivity index (χ0n) is 11.4. The van der Waals surface area contributed by atoms with E-state index in [1.54, 1.807) is 7.11 Å². The van der Waals surface area contributed by atoms with Gasteiger partial charge in [0.05, 0.1) is 30.9 Å². The molecule has 1 unspecified atom stereocenters. The third kappa shape index (κ3) is 5.58. The standard InChI is InChI=1S/C12H25N3O2S/c1-11(12(13)18)15-5-3-14(4-6-15)7-8-17-10-9-16-2/h11H,3-10H2,1-2H3,(H2,13,18). The summed E-state index contributed by atoms with van der Waals surface area (Å²) in [7, 11) is 1.69. The Morgan fingerprint density at radius 2 is 1.89 bits per heavy atom. The summed E-state index contributed by atoms with van der Waals surface area (Å²) in [5.74, 6) is 0. The van der Waals surface area contributed by atoms with Gasteiger partial charge in [-0.2, -0.15) is 0 Å². The van der Waals surface area contributed by atoms with Gasteiger partial charge in [-0.25, -0.2) is 0 Å². The third-order valence-corrected chi connectivity index (χ3v) is 3.69. The number of ether oxygens (including phenoxy) is 2. The van der Waals surface area contributed by atoms with Crippen LogP contribution in [0.25, 0.3) is 0 Å². The largest absolute Gasteiger partial charge is 0.392 e. The molecule has 0 aliphatic carbocycles. The average molecular weight is 275 g/mol. The quantitative estimate of drug-likeness (QED) is 0.495. The Kier molecular flexibility index (Phi) is 7.69. The summed E-state index contributed by atoms with van der Waals surface area (Å²) in [6.07, 6.45) is 0. The smallest absolute Gasteiger partial charge is 0.0899 e. The van der Waals surface area contributed by atoms with E-state index in [2.05, 4.69) is 16.7 Å². The molecule has 0 spiro atoms. The topological polar surface area (TPSA) is 51.0 Å². The fraction of sp³-hybridized carbons (Fsp3) is 0.917. The number of thiocarbonyl (C=S) groups is 1. The van der Waals surface area contributed by atoms with Crippen molar-refractivity contribution < 1.29 is 9.47 Å². The molecular weight excluding hydrogens is 250 g/mol. The summed E-state index contributed by atoms with van der Waals surface area (Å²) in [6, 6.07) is 0.208. The molecule has 0 aromatic carbocycles. The highest BCUT2D eigenvalue weighted by molar-refractivity contribution is 7.80. The number of nitrogens with zero attached hydrogens (tertiary/aromatic N) is 2. The Balaban J connectivity index is 2.10. The molecule has 18 heavy (non-hydrogen) atoms. The molecule has 2 N–H and O–H groups in total. The van der Waals surface area contributed by atoms with Crippen LogP contribution < -0.4 is 5.73 Å². The highest BCUT2D eigenvalue weighted by Gasteiger charge is 2.21. The van der Waals surface area contributed by atoms with Gasteiger partial charge in [-0.15, -0.1) is 0 Å². The molecule has 1 heterocycles. The number of methoxy groups -OCH3 is 1. The molecule has 106 valence electrons. The molecular formula is C12H25N3O2S. The molecule has 0 aromatic rings. The normalized spacial score (nSPS) is 19.9. The summed E-state index contributed by atoms with van der Waals surface area (Å²) in [5.41, 5.74) is 5.67. The predicted octanol–water partition coefficient (Wildman–Crippen LogP) is -0.0584. The van der Waals surface area contributed by atoms with E-state index in [1.807, 2.05) is 0 Å². The zero-order valence-corrected chi connectivity index (χ0v) is 12.2. The molecule has 1 fully saturated rings. The van der Waals surface area contributed by atoms with Crippen molar-refractivity contribution in [3.05, 3.63) is 0 Å². The minimum Gasteiger partial charge on any atom is -0.392 e. The lowest BCUT2D eigenvalue weighted by Gasteiger charge is -2.37. The van der Waals surface area contributed by atoms with Gasteiger partial charge >= 0.3 is 0 Å². The van der Waals surface area contributed by atoms with E-state index in [-0.39, 0.29) is 6.04 Å². The second-order valence-electron chi connectivity index (χ2n) is 4.56. The maximum atomic E-state index is 5.67. The van der Waals surface area contributed by atoms with E-state index in [1.165, 1.54) is 0 Å². The van der Waals surface area contributed by atoms with E-state index in [0.717, 1.165) is 39.3 Å². The van der Waals surface area contributed by atoms with E-state index in [4.69, 9.17) is 27.4 Å². The van der Waals surface area contributed by atoms with Crippen molar-refractivity contribution in [2.24, 2.45) is 5.73 Å². The van der Waals surface area contributed by atoms with E-state index in [9.17, 15) is 0 Å². The molecule has 1 aliphatic heterocycles. The second-order valence-corrected chi connectivity index (χ2v) is 5.03. The first-order valence-corrected chi connectivity index (χ1v) is 6.88. The van der Waals surface area contributed by atoms with Gasteiger partial charge < -0.3 is 15.2 Å². The van der Waals surface area contributed by atoms with Crippen molar-refractivity contribution in [2.75, 3.05) is 59.7 Å². The van der Waals surface area contributed by atoms with Crippen molar-refractivity contribution in [3.63, 3.8) is 0 Å². The number of rotatable bonds is 8. The number of hydrogen-bond acceptors (Lipinski definition) is 5. The van der Waals surface area contributed by atoms with Crippen LogP contribution in [0.4, 0.5) is 0 Å². The van der Waals surface area contributed by atoms with Crippen LogP contribution >= 0.6 is 12.2 Å². The molecule has 0 radical (unpaired) electrons. The number of nitrogens with two attached hydrogens (primary N) is 1. The van der Waals surface area contributed by atoms with Crippen molar-refractivity contribution in [1.82, 2.24) is 9.80 Å². The molecule has 0 aromatic heterocycles. The minimum absolute atomic E-state index is 0.208. The van der Waals surface area contributed by atoms with Crippen LogP contribution in [0.1, 0.15) is 6.92 Å². The summed E-state index contributed by atoms with van der Waals surface area (Å²) in [4.78, 5) is 5.34. The molecule has 1 atom stereocenters. The van der Waals surface area contributed by atoms with Crippen molar-refractivity contribution in [2.45, 2.75) is 13.0 Å². The van der Waals surface area contributed by atoms with Gasteiger partial charge in [0.25, 0.3) is 0 Å². The van der Waals surface area contributed by atoms with Crippen molar-refractivity contribution in [1.29, 1.82) is 0 Å². The van der Waals surface area contributed by atoms with Crippen molar-refractivity contribution in [3.8, 4) is 0 Å². The average Bonchev–Trinajstić information content (AvgIpc) is 2.38.